The predicted octanol–water partition coefficient (Wildman–Crippen LogP) is 5.69. The van der Waals surface area contributed by atoms with E-state index in [0.717, 1.165) is 5.56 Å². The van der Waals surface area contributed by atoms with Crippen molar-refractivity contribution >= 4 is 33.1 Å². The maximum absolute atomic E-state index is 13.7. The molecule has 2 amide bonds. The van der Waals surface area contributed by atoms with Gasteiger partial charge in [-0.2, -0.15) is 5.10 Å². The van der Waals surface area contributed by atoms with Gasteiger partial charge in [-0.3, -0.25) is 9.29 Å². The van der Waals surface area contributed by atoms with Crippen LogP contribution in [0, 0.1) is 6.92 Å². The topological polar surface area (TPSA) is 115 Å². The Labute approximate surface area is 233 Å². The number of carbonyl (C=O) groups excluding carboxylic acids is 1. The minimum absolute atomic E-state index is 0.0530. The van der Waals surface area contributed by atoms with Crippen LogP contribution in [0.25, 0.3) is 0 Å². The molecule has 40 heavy (non-hydrogen) atoms. The molecule has 2 N–H and O–H groups in total. The van der Waals surface area contributed by atoms with Crippen molar-refractivity contribution in [2.75, 3.05) is 16.2 Å². The number of hydrogen-bond donors (Lipinski definition) is 2. The second-order valence-corrected chi connectivity index (χ2v) is 11.2. The summed E-state index contributed by atoms with van der Waals surface area (Å²) in [5.74, 6) is 0.0530. The van der Waals surface area contributed by atoms with Gasteiger partial charge >= 0.3 is 6.03 Å². The molecule has 0 fully saturated rings. The van der Waals surface area contributed by atoms with E-state index < -0.39 is 22.1 Å². The van der Waals surface area contributed by atoms with E-state index in [-0.39, 0.29) is 17.2 Å². The number of pyridine rings is 1. The molecule has 0 saturated carbocycles. The smallest absolute Gasteiger partial charge is 0.342 e. The third-order valence-electron chi connectivity index (χ3n) is 6.75. The Hall–Kier alpha value is -4.70. The number of amides is 2. The first-order valence-corrected chi connectivity index (χ1v) is 14.3. The molecule has 1 aromatic heterocycles. The van der Waals surface area contributed by atoms with E-state index >= 15 is 0 Å². The predicted molar refractivity (Wildman–Crippen MR) is 155 cm³/mol. The van der Waals surface area contributed by atoms with Gasteiger partial charge in [0, 0.05) is 42.2 Å². The third-order valence-corrected chi connectivity index (χ3v) is 8.79. The molecule has 1 aliphatic rings. The number of carbonyl (C=O) groups is 1. The van der Waals surface area contributed by atoms with Gasteiger partial charge in [0.15, 0.2) is 0 Å². The molecule has 0 bridgehead atoms. The van der Waals surface area contributed by atoms with Crippen LogP contribution in [-0.4, -0.2) is 41.8 Å². The van der Waals surface area contributed by atoms with Gasteiger partial charge in [0.2, 0.25) is 0 Å². The Kier molecular flexibility index (Phi) is 7.52. The van der Waals surface area contributed by atoms with Crippen LogP contribution in [0.5, 0.6) is 5.75 Å². The number of phenols is 1. The Morgan fingerprint density at radius 2 is 1.80 bits per heavy atom. The monoisotopic (exact) mass is 555 g/mol. The lowest BCUT2D eigenvalue weighted by molar-refractivity contribution is 0.199. The number of phenolic OH excluding ortho intramolecular Hbond substituents is 1. The molecular formula is C30H29N5O4S. The molecule has 1 aliphatic heterocycles. The number of nitrogens with one attached hydrogen (secondary N) is 1. The second kappa shape index (κ2) is 11.2. The average molecular weight is 556 g/mol. The SMILES string of the molecule is CCN(c1ccccc1)S(=O)(=O)c1cc(NC(=O)N2N=C(c3cccnc3)CC2c2ccccc2O)ccc1C. The molecule has 9 nitrogen and oxygen atoms in total. The molecule has 1 atom stereocenters. The lowest BCUT2D eigenvalue weighted by Crippen LogP contribution is -2.32. The Morgan fingerprint density at radius 3 is 2.50 bits per heavy atom. The first kappa shape index (κ1) is 26.9. The number of anilines is 2. The van der Waals surface area contributed by atoms with Crippen LogP contribution in [-0.2, 0) is 10.0 Å². The Morgan fingerprint density at radius 1 is 1.05 bits per heavy atom. The van der Waals surface area contributed by atoms with E-state index in [1.165, 1.54) is 15.4 Å². The van der Waals surface area contributed by atoms with Crippen LogP contribution in [0.3, 0.4) is 0 Å². The third kappa shape index (κ3) is 5.26. The van der Waals surface area contributed by atoms with Crippen LogP contribution in [0.4, 0.5) is 16.2 Å². The van der Waals surface area contributed by atoms with Crippen molar-refractivity contribution < 1.29 is 18.3 Å². The molecule has 0 saturated heterocycles. The van der Waals surface area contributed by atoms with Gasteiger partial charge in [0.25, 0.3) is 10.0 Å². The number of aromatic nitrogens is 1. The minimum Gasteiger partial charge on any atom is -0.508 e. The number of hydrogen-bond acceptors (Lipinski definition) is 6. The molecular weight excluding hydrogens is 526 g/mol. The fraction of sp³-hybridized carbons (Fsp3) is 0.167. The highest BCUT2D eigenvalue weighted by Crippen LogP contribution is 2.37. The average Bonchev–Trinajstić information content (AvgIpc) is 3.41. The summed E-state index contributed by atoms with van der Waals surface area (Å²) in [4.78, 5) is 17.8. The van der Waals surface area contributed by atoms with Crippen LogP contribution >= 0.6 is 0 Å². The summed E-state index contributed by atoms with van der Waals surface area (Å²) in [7, 11) is -3.92. The van der Waals surface area contributed by atoms with Gasteiger partial charge in [-0.15, -0.1) is 0 Å². The largest absolute Gasteiger partial charge is 0.508 e. The van der Waals surface area contributed by atoms with Gasteiger partial charge < -0.3 is 10.4 Å². The number of aryl methyl sites for hydroxylation is 1. The summed E-state index contributed by atoms with van der Waals surface area (Å²) in [5, 5.41) is 19.2. The quantitative estimate of drug-likeness (QED) is 0.304. The molecule has 4 aromatic rings. The number of para-hydroxylation sites is 2. The molecule has 0 spiro atoms. The summed E-state index contributed by atoms with van der Waals surface area (Å²) in [6, 6.07) is 23.0. The van der Waals surface area contributed by atoms with Crippen molar-refractivity contribution in [2.24, 2.45) is 5.10 Å². The van der Waals surface area contributed by atoms with E-state index in [1.807, 2.05) is 12.1 Å². The Balaban J connectivity index is 1.47. The van der Waals surface area contributed by atoms with Crippen molar-refractivity contribution in [3.05, 3.63) is 114 Å². The van der Waals surface area contributed by atoms with Crippen LogP contribution in [0.1, 0.15) is 36.1 Å². The summed E-state index contributed by atoms with van der Waals surface area (Å²) >= 11 is 0. The molecule has 2 heterocycles. The minimum atomic E-state index is -3.92. The van der Waals surface area contributed by atoms with E-state index in [9.17, 15) is 18.3 Å². The van der Waals surface area contributed by atoms with E-state index in [2.05, 4.69) is 15.4 Å². The number of nitrogens with zero attached hydrogens (tertiary/aromatic N) is 4. The highest BCUT2D eigenvalue weighted by Gasteiger charge is 2.35. The van der Waals surface area contributed by atoms with Gasteiger partial charge in [-0.05, 0) is 55.8 Å². The number of aromatic hydroxyl groups is 1. The summed E-state index contributed by atoms with van der Waals surface area (Å²) < 4.78 is 28.7. The highest BCUT2D eigenvalue weighted by molar-refractivity contribution is 7.92. The van der Waals surface area contributed by atoms with E-state index in [1.54, 1.807) is 93.0 Å². The van der Waals surface area contributed by atoms with Crippen molar-refractivity contribution in [1.82, 2.24) is 9.99 Å². The fourth-order valence-corrected chi connectivity index (χ4v) is 6.49. The molecule has 0 radical (unpaired) electrons. The molecule has 204 valence electrons. The Bertz CT molecular complexity index is 1660. The summed E-state index contributed by atoms with van der Waals surface area (Å²) in [6.45, 7) is 3.73. The number of hydrazone groups is 1. The normalized spacial score (nSPS) is 15.0. The lowest BCUT2D eigenvalue weighted by atomic mass is 9.98. The van der Waals surface area contributed by atoms with Crippen molar-refractivity contribution in [3.63, 3.8) is 0 Å². The van der Waals surface area contributed by atoms with E-state index in [0.29, 0.717) is 34.6 Å². The van der Waals surface area contributed by atoms with Crippen molar-refractivity contribution in [2.45, 2.75) is 31.2 Å². The second-order valence-electron chi connectivity index (χ2n) is 9.33. The molecule has 3 aromatic carbocycles. The zero-order valence-corrected chi connectivity index (χ0v) is 22.9. The summed E-state index contributed by atoms with van der Waals surface area (Å²) in [6.07, 6.45) is 3.70. The molecule has 0 aliphatic carbocycles. The molecule has 5 rings (SSSR count). The van der Waals surface area contributed by atoms with Crippen LogP contribution in [0.15, 0.2) is 107 Å². The van der Waals surface area contributed by atoms with Gasteiger partial charge in [0.1, 0.15) is 5.75 Å². The van der Waals surface area contributed by atoms with E-state index in [4.69, 9.17) is 0 Å². The molecule has 1 unspecified atom stereocenters. The van der Waals surface area contributed by atoms with Crippen molar-refractivity contribution in [3.8, 4) is 5.75 Å². The number of rotatable bonds is 7. The number of urea groups is 1. The zero-order chi connectivity index (χ0) is 28.3. The summed E-state index contributed by atoms with van der Waals surface area (Å²) in [5.41, 5.74) is 3.37. The van der Waals surface area contributed by atoms with Gasteiger partial charge in [-0.25, -0.2) is 18.2 Å². The number of benzene rings is 3. The first-order chi connectivity index (χ1) is 19.3. The standard InChI is InChI=1S/C30H29N5O4S/c1-3-34(24-11-5-4-6-12-24)40(38,39)29-18-23(16-15-21(29)2)32-30(37)35-27(25-13-7-8-14-28(25)36)19-26(33-35)22-10-9-17-31-20-22/h4-18,20,27,36H,3,19H2,1-2H3,(H,32,37). The zero-order valence-electron chi connectivity index (χ0n) is 22.1. The maximum atomic E-state index is 13.7. The van der Waals surface area contributed by atoms with Crippen LogP contribution < -0.4 is 9.62 Å². The van der Waals surface area contributed by atoms with Crippen LogP contribution in [0.2, 0.25) is 0 Å². The number of sulfonamides is 1. The lowest BCUT2D eigenvalue weighted by Gasteiger charge is -2.25. The van der Waals surface area contributed by atoms with Gasteiger partial charge in [0.05, 0.1) is 22.3 Å². The maximum Gasteiger partial charge on any atom is 0.342 e. The van der Waals surface area contributed by atoms with Gasteiger partial charge in [-0.1, -0.05) is 48.5 Å². The first-order valence-electron chi connectivity index (χ1n) is 12.8. The molecule has 10 heteroatoms. The highest BCUT2D eigenvalue weighted by atomic mass is 32.2. The fourth-order valence-electron chi connectivity index (χ4n) is 4.76. The van der Waals surface area contributed by atoms with Crippen molar-refractivity contribution in [1.29, 1.82) is 0 Å².